The highest BCUT2D eigenvalue weighted by molar-refractivity contribution is 5.81. The van der Waals surface area contributed by atoms with E-state index in [0.717, 1.165) is 5.56 Å². The molecule has 0 saturated carbocycles. The number of allylic oxidation sites excluding steroid dienone is 1. The van der Waals surface area contributed by atoms with Gasteiger partial charge in [-0.3, -0.25) is 4.79 Å². The number of rotatable bonds is 3. The van der Waals surface area contributed by atoms with Crippen LogP contribution in [0.2, 0.25) is 0 Å². The summed E-state index contributed by atoms with van der Waals surface area (Å²) >= 11 is 0. The van der Waals surface area contributed by atoms with Crippen molar-refractivity contribution in [1.82, 2.24) is 0 Å². The van der Waals surface area contributed by atoms with E-state index in [2.05, 4.69) is 5.73 Å². The van der Waals surface area contributed by atoms with E-state index in [4.69, 9.17) is 0 Å². The van der Waals surface area contributed by atoms with Crippen molar-refractivity contribution in [2.75, 3.05) is 0 Å². The number of hydrogen-bond acceptors (Lipinski definition) is 1. The monoisotopic (exact) mass is 238 g/mol. The molecule has 0 amide bonds. The van der Waals surface area contributed by atoms with Crippen LogP contribution in [0.3, 0.4) is 0 Å². The van der Waals surface area contributed by atoms with Crippen LogP contribution in [0, 0.1) is 5.82 Å². The predicted molar refractivity (Wildman–Crippen MR) is 69.5 cm³/mol. The molecule has 0 heterocycles. The van der Waals surface area contributed by atoms with Gasteiger partial charge in [0.05, 0.1) is 0 Å². The van der Waals surface area contributed by atoms with Crippen molar-refractivity contribution in [3.05, 3.63) is 83.3 Å². The van der Waals surface area contributed by atoms with Crippen LogP contribution in [-0.2, 0) is 4.79 Å². The van der Waals surface area contributed by atoms with Crippen LogP contribution in [0.5, 0.6) is 0 Å². The minimum Gasteiger partial charge on any atom is -0.298 e. The Morgan fingerprint density at radius 2 is 1.67 bits per heavy atom. The summed E-state index contributed by atoms with van der Waals surface area (Å²) in [4.78, 5) is 10.4. The largest absolute Gasteiger partial charge is 0.298 e. The maximum atomic E-state index is 13.8. The molecule has 88 valence electrons. The molecule has 0 atom stereocenters. The molecular weight excluding hydrogens is 227 g/mol. The number of aldehydes is 1. The lowest BCUT2D eigenvalue weighted by Crippen LogP contribution is -1.90. The summed E-state index contributed by atoms with van der Waals surface area (Å²) in [5.74, 6) is -0.330. The Bertz CT molecular complexity index is 608. The summed E-state index contributed by atoms with van der Waals surface area (Å²) in [6.45, 7) is 0. The second-order valence-corrected chi connectivity index (χ2v) is 3.67. The van der Waals surface area contributed by atoms with Crippen LogP contribution in [-0.4, -0.2) is 6.29 Å². The Kier molecular flexibility index (Phi) is 3.85. The molecule has 0 aliphatic rings. The predicted octanol–water partition coefficient (Wildman–Crippen LogP) is 3.61. The standard InChI is InChI=1S/C16H11FO/c17-16-11-5-4-9-15(16)14(10-6-12-18)13-7-2-1-3-8-13/h1-9,11-12H. The summed E-state index contributed by atoms with van der Waals surface area (Å²) in [5.41, 5.74) is 4.65. The summed E-state index contributed by atoms with van der Waals surface area (Å²) < 4.78 is 13.8. The van der Waals surface area contributed by atoms with Crippen molar-refractivity contribution in [1.29, 1.82) is 0 Å². The third-order valence-electron chi connectivity index (χ3n) is 2.50. The van der Waals surface area contributed by atoms with Crippen molar-refractivity contribution in [3.8, 4) is 0 Å². The first-order valence-corrected chi connectivity index (χ1v) is 5.53. The highest BCUT2D eigenvalue weighted by atomic mass is 19.1. The topological polar surface area (TPSA) is 17.1 Å². The van der Waals surface area contributed by atoms with E-state index >= 15 is 0 Å². The van der Waals surface area contributed by atoms with Crippen molar-refractivity contribution in [3.63, 3.8) is 0 Å². The zero-order valence-corrected chi connectivity index (χ0v) is 9.64. The fourth-order valence-electron chi connectivity index (χ4n) is 1.70. The Labute approximate surface area is 105 Å². The molecule has 0 aliphatic carbocycles. The van der Waals surface area contributed by atoms with Gasteiger partial charge in [-0.25, -0.2) is 4.39 Å². The van der Waals surface area contributed by atoms with Crippen molar-refractivity contribution < 1.29 is 9.18 Å². The molecule has 0 radical (unpaired) electrons. The van der Waals surface area contributed by atoms with Gasteiger partial charge >= 0.3 is 0 Å². The van der Waals surface area contributed by atoms with Gasteiger partial charge in [0.25, 0.3) is 0 Å². The third-order valence-corrected chi connectivity index (χ3v) is 2.50. The van der Waals surface area contributed by atoms with E-state index in [1.165, 1.54) is 12.1 Å². The van der Waals surface area contributed by atoms with Crippen molar-refractivity contribution >= 4 is 11.9 Å². The molecule has 0 aromatic heterocycles. The molecule has 0 N–H and O–H groups in total. The average Bonchev–Trinajstić information content (AvgIpc) is 2.42. The van der Waals surface area contributed by atoms with Gasteiger partial charge in [0.15, 0.2) is 6.29 Å². The number of halogens is 1. The van der Waals surface area contributed by atoms with Gasteiger partial charge in [-0.15, -0.1) is 5.73 Å². The lowest BCUT2D eigenvalue weighted by molar-refractivity contribution is -0.104. The maximum absolute atomic E-state index is 13.8. The van der Waals surface area contributed by atoms with Crippen LogP contribution < -0.4 is 0 Å². The normalized spacial score (nSPS) is 9.39. The van der Waals surface area contributed by atoms with Gasteiger partial charge in [0, 0.05) is 17.2 Å². The summed E-state index contributed by atoms with van der Waals surface area (Å²) in [6, 6.07) is 15.8. The minimum absolute atomic E-state index is 0.330. The number of hydrogen-bond donors (Lipinski definition) is 0. The van der Waals surface area contributed by atoms with Gasteiger partial charge in [0.1, 0.15) is 5.82 Å². The molecule has 0 unspecified atom stereocenters. The van der Waals surface area contributed by atoms with Crippen LogP contribution in [0.1, 0.15) is 11.1 Å². The van der Waals surface area contributed by atoms with E-state index < -0.39 is 0 Å². The fraction of sp³-hybridized carbons (Fsp3) is 0. The van der Waals surface area contributed by atoms with Gasteiger partial charge in [-0.05, 0) is 11.6 Å². The fourth-order valence-corrected chi connectivity index (χ4v) is 1.70. The van der Waals surface area contributed by atoms with E-state index in [9.17, 15) is 9.18 Å². The Hall–Kier alpha value is -2.44. The Morgan fingerprint density at radius 1 is 1.00 bits per heavy atom. The molecule has 0 fully saturated rings. The smallest absolute Gasteiger partial charge is 0.150 e. The first-order valence-electron chi connectivity index (χ1n) is 5.53. The average molecular weight is 238 g/mol. The molecule has 0 saturated heterocycles. The molecule has 1 nitrogen and oxygen atoms in total. The second-order valence-electron chi connectivity index (χ2n) is 3.67. The Balaban J connectivity index is 2.63. The first-order chi connectivity index (χ1) is 8.83. The SMILES string of the molecule is O=CC=C=C(c1ccccc1)c1ccccc1F. The molecule has 18 heavy (non-hydrogen) atoms. The van der Waals surface area contributed by atoms with Gasteiger partial charge in [0.2, 0.25) is 0 Å². The lowest BCUT2D eigenvalue weighted by Gasteiger charge is -2.06. The molecule has 0 aliphatic heterocycles. The highest BCUT2D eigenvalue weighted by Crippen LogP contribution is 2.24. The third kappa shape index (κ3) is 2.62. The minimum atomic E-state index is -0.330. The van der Waals surface area contributed by atoms with Crippen molar-refractivity contribution in [2.45, 2.75) is 0 Å². The van der Waals surface area contributed by atoms with Crippen molar-refractivity contribution in [2.24, 2.45) is 0 Å². The molecular formula is C16H11FO. The second kappa shape index (κ2) is 5.76. The number of carbonyl (C=O) groups is 1. The summed E-state index contributed by atoms with van der Waals surface area (Å²) in [7, 11) is 0. The summed E-state index contributed by atoms with van der Waals surface area (Å²) in [6.07, 6.45) is 1.87. The number of carbonyl (C=O) groups excluding carboxylic acids is 1. The lowest BCUT2D eigenvalue weighted by atomic mass is 9.98. The van der Waals surface area contributed by atoms with Gasteiger partial charge in [-0.1, -0.05) is 48.5 Å². The molecule has 0 bridgehead atoms. The molecule has 2 heteroatoms. The summed E-state index contributed by atoms with van der Waals surface area (Å²) in [5, 5.41) is 0. The quantitative estimate of drug-likeness (QED) is 0.453. The van der Waals surface area contributed by atoms with Gasteiger partial charge < -0.3 is 0 Å². The van der Waals surface area contributed by atoms with Crippen LogP contribution in [0.25, 0.3) is 5.57 Å². The van der Waals surface area contributed by atoms with Crippen LogP contribution in [0.15, 0.2) is 66.4 Å². The molecule has 2 aromatic carbocycles. The molecule has 0 spiro atoms. The van der Waals surface area contributed by atoms with E-state index in [1.807, 2.05) is 30.3 Å². The Morgan fingerprint density at radius 3 is 2.33 bits per heavy atom. The van der Waals surface area contributed by atoms with Crippen LogP contribution in [0.4, 0.5) is 4.39 Å². The van der Waals surface area contributed by atoms with Crippen LogP contribution >= 0.6 is 0 Å². The zero-order valence-electron chi connectivity index (χ0n) is 9.64. The van der Waals surface area contributed by atoms with E-state index in [0.29, 0.717) is 17.4 Å². The highest BCUT2D eigenvalue weighted by Gasteiger charge is 2.08. The number of benzene rings is 2. The van der Waals surface area contributed by atoms with E-state index in [-0.39, 0.29) is 5.82 Å². The molecule has 2 aromatic rings. The van der Waals surface area contributed by atoms with Gasteiger partial charge in [-0.2, -0.15) is 0 Å². The maximum Gasteiger partial charge on any atom is 0.150 e. The first kappa shape index (κ1) is 12.0. The van der Waals surface area contributed by atoms with E-state index in [1.54, 1.807) is 18.2 Å². The zero-order chi connectivity index (χ0) is 12.8. The molecule has 2 rings (SSSR count).